The van der Waals surface area contributed by atoms with Crippen LogP contribution in [-0.2, 0) is 6.42 Å². The summed E-state index contributed by atoms with van der Waals surface area (Å²) in [7, 11) is 0. The van der Waals surface area contributed by atoms with Crippen molar-refractivity contribution in [3.05, 3.63) is 35.4 Å². The highest BCUT2D eigenvalue weighted by Gasteiger charge is 2.44. The smallest absolute Gasteiger partial charge is 0.0981 e. The summed E-state index contributed by atoms with van der Waals surface area (Å²) >= 11 is 1.59. The minimum atomic E-state index is -0.164. The van der Waals surface area contributed by atoms with Crippen molar-refractivity contribution in [2.45, 2.75) is 18.1 Å². The third-order valence-electron chi connectivity index (χ3n) is 3.60. The van der Waals surface area contributed by atoms with Crippen LogP contribution in [-0.4, -0.2) is 5.04 Å². The molecular weight excluding hydrogens is 216 g/mol. The van der Waals surface area contributed by atoms with Crippen molar-refractivity contribution in [3.8, 4) is 6.07 Å². The number of nitrogens with zero attached hydrogens (tertiary/aromatic N) is 1. The van der Waals surface area contributed by atoms with Gasteiger partial charge in [-0.3, -0.25) is 5.41 Å². The van der Waals surface area contributed by atoms with Crippen molar-refractivity contribution in [3.63, 3.8) is 0 Å². The van der Waals surface area contributed by atoms with Crippen LogP contribution in [0.25, 0.3) is 0 Å². The number of nitriles is 1. The summed E-state index contributed by atoms with van der Waals surface area (Å²) in [5.74, 6) is 0.195. The summed E-state index contributed by atoms with van der Waals surface area (Å²) in [6.07, 6.45) is 2.11. The fourth-order valence-electron chi connectivity index (χ4n) is 2.79. The Hall–Kier alpha value is -1.27. The van der Waals surface area contributed by atoms with E-state index >= 15 is 0 Å². The molecule has 0 radical (unpaired) electrons. The van der Waals surface area contributed by atoms with Crippen LogP contribution < -0.4 is 0 Å². The average Bonchev–Trinajstić information content (AvgIpc) is 2.65. The van der Waals surface area contributed by atoms with E-state index < -0.39 is 0 Å². The van der Waals surface area contributed by atoms with Crippen LogP contribution in [0.2, 0.25) is 0 Å². The van der Waals surface area contributed by atoms with Crippen molar-refractivity contribution in [1.29, 1.82) is 10.7 Å². The van der Waals surface area contributed by atoms with Crippen LogP contribution in [0.4, 0.5) is 0 Å². The molecule has 0 spiro atoms. The Kier molecular flexibility index (Phi) is 2.26. The first-order chi connectivity index (χ1) is 7.81. The van der Waals surface area contributed by atoms with Crippen molar-refractivity contribution in [2.75, 3.05) is 0 Å². The molecule has 16 heavy (non-hydrogen) atoms. The SMILES string of the molecule is N#CC1C(=N)S[C@@H]2c3ccccc3CC[C@H]12. The van der Waals surface area contributed by atoms with Gasteiger partial charge in [0.1, 0.15) is 0 Å². The molecule has 3 atom stereocenters. The van der Waals surface area contributed by atoms with E-state index in [9.17, 15) is 0 Å². The fraction of sp³-hybridized carbons (Fsp3) is 0.385. The number of hydrogen-bond donors (Lipinski definition) is 1. The largest absolute Gasteiger partial charge is 0.297 e. The summed E-state index contributed by atoms with van der Waals surface area (Å²) in [5, 5.41) is 17.9. The molecular formula is C13H12N2S. The maximum atomic E-state index is 9.12. The van der Waals surface area contributed by atoms with Gasteiger partial charge in [0.2, 0.25) is 0 Å². The average molecular weight is 228 g/mol. The number of nitrogens with one attached hydrogen (secondary N) is 1. The third kappa shape index (κ3) is 1.30. The lowest BCUT2D eigenvalue weighted by Crippen LogP contribution is -2.20. The Morgan fingerprint density at radius 2 is 2.19 bits per heavy atom. The lowest BCUT2D eigenvalue weighted by Gasteiger charge is -2.27. The summed E-state index contributed by atoms with van der Waals surface area (Å²) in [4.78, 5) is 0. The van der Waals surface area contributed by atoms with E-state index in [0.717, 1.165) is 12.8 Å². The molecule has 1 N–H and O–H groups in total. The van der Waals surface area contributed by atoms with Gasteiger partial charge in [0.25, 0.3) is 0 Å². The maximum Gasteiger partial charge on any atom is 0.0981 e. The monoisotopic (exact) mass is 228 g/mol. The first-order valence-corrected chi connectivity index (χ1v) is 6.41. The molecule has 80 valence electrons. The first kappa shape index (κ1) is 9.92. The second kappa shape index (κ2) is 3.64. The molecule has 1 heterocycles. The van der Waals surface area contributed by atoms with E-state index in [2.05, 4.69) is 30.3 Å². The normalized spacial score (nSPS) is 31.7. The van der Waals surface area contributed by atoms with Gasteiger partial charge in [-0.05, 0) is 29.9 Å². The van der Waals surface area contributed by atoms with Crippen LogP contribution in [0.15, 0.2) is 24.3 Å². The van der Waals surface area contributed by atoms with Gasteiger partial charge in [-0.25, -0.2) is 0 Å². The molecule has 2 nitrogen and oxygen atoms in total. The van der Waals surface area contributed by atoms with Gasteiger partial charge in [0.05, 0.1) is 17.0 Å². The number of rotatable bonds is 0. The number of aryl methyl sites for hydroxylation is 1. The highest BCUT2D eigenvalue weighted by molar-refractivity contribution is 8.14. The van der Waals surface area contributed by atoms with Gasteiger partial charge < -0.3 is 0 Å². The molecule has 1 aliphatic carbocycles. The van der Waals surface area contributed by atoms with E-state index in [1.807, 2.05) is 0 Å². The lowest BCUT2D eigenvalue weighted by molar-refractivity contribution is 0.426. The molecule has 0 bridgehead atoms. The summed E-state index contributed by atoms with van der Waals surface area (Å²) < 4.78 is 0. The van der Waals surface area contributed by atoms with E-state index in [1.54, 1.807) is 11.8 Å². The molecule has 2 aliphatic rings. The second-order valence-corrected chi connectivity index (χ2v) is 5.59. The van der Waals surface area contributed by atoms with Gasteiger partial charge in [0.15, 0.2) is 0 Å². The number of fused-ring (bicyclic) bond motifs is 3. The summed E-state index contributed by atoms with van der Waals surface area (Å²) in [6.45, 7) is 0. The number of thioether (sulfide) groups is 1. The molecule has 0 amide bonds. The minimum absolute atomic E-state index is 0.164. The van der Waals surface area contributed by atoms with Gasteiger partial charge >= 0.3 is 0 Å². The van der Waals surface area contributed by atoms with Gasteiger partial charge in [-0.2, -0.15) is 5.26 Å². The molecule has 1 unspecified atom stereocenters. The Morgan fingerprint density at radius 3 is 3.00 bits per heavy atom. The fourth-order valence-corrected chi connectivity index (χ4v) is 4.27. The molecule has 1 aromatic carbocycles. The quantitative estimate of drug-likeness (QED) is 0.741. The van der Waals surface area contributed by atoms with E-state index in [-0.39, 0.29) is 5.92 Å². The Labute approximate surface area is 99.2 Å². The van der Waals surface area contributed by atoms with Gasteiger partial charge in [-0.15, -0.1) is 11.8 Å². The Balaban J connectivity index is 2.05. The minimum Gasteiger partial charge on any atom is -0.297 e. The Morgan fingerprint density at radius 1 is 1.38 bits per heavy atom. The first-order valence-electron chi connectivity index (χ1n) is 5.54. The molecule has 1 aromatic rings. The van der Waals surface area contributed by atoms with E-state index in [4.69, 9.17) is 10.7 Å². The molecule has 0 aromatic heterocycles. The van der Waals surface area contributed by atoms with Gasteiger partial charge in [-0.1, -0.05) is 24.3 Å². The van der Waals surface area contributed by atoms with Crippen LogP contribution in [0.3, 0.4) is 0 Å². The van der Waals surface area contributed by atoms with Crippen molar-refractivity contribution < 1.29 is 0 Å². The maximum absolute atomic E-state index is 9.12. The Bertz CT molecular complexity index is 489. The molecule has 1 aliphatic heterocycles. The van der Waals surface area contributed by atoms with Crippen molar-refractivity contribution in [1.82, 2.24) is 0 Å². The number of benzene rings is 1. The zero-order valence-corrected chi connectivity index (χ0v) is 9.63. The predicted molar refractivity (Wildman–Crippen MR) is 65.4 cm³/mol. The molecule has 1 saturated heterocycles. The second-order valence-electron chi connectivity index (χ2n) is 4.41. The van der Waals surface area contributed by atoms with Crippen LogP contribution in [0, 0.1) is 28.6 Å². The highest BCUT2D eigenvalue weighted by Crippen LogP contribution is 2.53. The van der Waals surface area contributed by atoms with Gasteiger partial charge in [0, 0.05) is 5.25 Å². The summed E-state index contributed by atoms with van der Waals surface area (Å²) in [6, 6.07) is 10.8. The van der Waals surface area contributed by atoms with Crippen LogP contribution in [0.1, 0.15) is 22.8 Å². The topological polar surface area (TPSA) is 47.6 Å². The van der Waals surface area contributed by atoms with Crippen LogP contribution >= 0.6 is 11.8 Å². The molecule has 0 saturated carbocycles. The highest BCUT2D eigenvalue weighted by atomic mass is 32.2. The van der Waals surface area contributed by atoms with Crippen molar-refractivity contribution >= 4 is 16.8 Å². The molecule has 3 rings (SSSR count). The molecule has 3 heteroatoms. The van der Waals surface area contributed by atoms with Crippen LogP contribution in [0.5, 0.6) is 0 Å². The van der Waals surface area contributed by atoms with E-state index in [1.165, 1.54) is 11.1 Å². The lowest BCUT2D eigenvalue weighted by atomic mass is 9.78. The standard InChI is InChI=1S/C13H12N2S/c14-7-11-10-6-5-8-3-1-2-4-9(8)12(10)16-13(11)15/h1-4,10-12,15H,5-6H2/t10-,11?,12-/m1/s1. The zero-order chi connectivity index (χ0) is 11.1. The van der Waals surface area contributed by atoms with Crippen molar-refractivity contribution in [2.24, 2.45) is 11.8 Å². The summed E-state index contributed by atoms with van der Waals surface area (Å²) in [5.41, 5.74) is 2.76. The third-order valence-corrected chi connectivity index (χ3v) is 4.97. The molecule has 1 fully saturated rings. The van der Waals surface area contributed by atoms with E-state index in [0.29, 0.717) is 16.2 Å². The number of hydrogen-bond acceptors (Lipinski definition) is 3. The predicted octanol–water partition coefficient (Wildman–Crippen LogP) is 3.15. The zero-order valence-electron chi connectivity index (χ0n) is 8.81.